The van der Waals surface area contributed by atoms with Crippen molar-refractivity contribution in [3.05, 3.63) is 59.7 Å². The molecule has 7 heteroatoms. The van der Waals surface area contributed by atoms with E-state index >= 15 is 0 Å². The van der Waals surface area contributed by atoms with Crippen molar-refractivity contribution in [2.24, 2.45) is 0 Å². The van der Waals surface area contributed by atoms with E-state index in [1.807, 2.05) is 12.1 Å². The van der Waals surface area contributed by atoms with Crippen LogP contribution >= 0.6 is 24.8 Å². The van der Waals surface area contributed by atoms with Crippen molar-refractivity contribution in [2.75, 3.05) is 45.9 Å². The van der Waals surface area contributed by atoms with E-state index in [-0.39, 0.29) is 36.8 Å². The molecule has 5 nitrogen and oxygen atoms in total. The molecule has 2 aromatic carbocycles. The van der Waals surface area contributed by atoms with E-state index in [2.05, 4.69) is 51.9 Å². The number of ether oxygens (including phenoxy) is 1. The SMILES string of the molecule is Cl.Cl.O=C(NCCCN1CCNCC1)OCC1c2ccccc2-c2ccccc21. The number of rotatable bonds is 6. The average Bonchev–Trinajstić information content (AvgIpc) is 3.04. The molecule has 0 atom stereocenters. The summed E-state index contributed by atoms with van der Waals surface area (Å²) in [4.78, 5) is 14.5. The number of hydrogen-bond acceptors (Lipinski definition) is 4. The second-order valence-corrected chi connectivity index (χ2v) is 7.20. The fraction of sp³-hybridized carbons (Fsp3) is 0.409. The number of fused-ring (bicyclic) bond motifs is 3. The Morgan fingerprint density at radius 2 is 1.59 bits per heavy atom. The number of nitrogens with one attached hydrogen (secondary N) is 2. The number of carbonyl (C=O) groups excluding carboxylic acids is 1. The van der Waals surface area contributed by atoms with E-state index in [4.69, 9.17) is 4.74 Å². The third-order valence-corrected chi connectivity index (χ3v) is 5.47. The lowest BCUT2D eigenvalue weighted by Crippen LogP contribution is -2.44. The molecule has 0 saturated carbocycles. The zero-order valence-corrected chi connectivity index (χ0v) is 18.1. The van der Waals surface area contributed by atoms with Gasteiger partial charge in [0.15, 0.2) is 0 Å². The van der Waals surface area contributed by atoms with E-state index in [1.165, 1.54) is 22.3 Å². The molecule has 1 aliphatic heterocycles. The van der Waals surface area contributed by atoms with Gasteiger partial charge in [-0.3, -0.25) is 0 Å². The Morgan fingerprint density at radius 3 is 2.21 bits per heavy atom. The molecule has 1 amide bonds. The first-order valence-corrected chi connectivity index (χ1v) is 9.85. The van der Waals surface area contributed by atoms with Gasteiger partial charge < -0.3 is 20.3 Å². The number of piperazine rings is 1. The van der Waals surface area contributed by atoms with Crippen molar-refractivity contribution >= 4 is 30.9 Å². The van der Waals surface area contributed by atoms with Crippen molar-refractivity contribution in [3.8, 4) is 11.1 Å². The Morgan fingerprint density at radius 1 is 1.00 bits per heavy atom. The van der Waals surface area contributed by atoms with Crippen LogP contribution < -0.4 is 10.6 Å². The van der Waals surface area contributed by atoms with E-state index in [0.717, 1.165) is 39.1 Å². The van der Waals surface area contributed by atoms with Crippen LogP contribution in [0.5, 0.6) is 0 Å². The third-order valence-electron chi connectivity index (χ3n) is 5.47. The van der Waals surface area contributed by atoms with Gasteiger partial charge in [-0.1, -0.05) is 48.5 Å². The molecule has 0 bridgehead atoms. The summed E-state index contributed by atoms with van der Waals surface area (Å²) < 4.78 is 5.56. The number of amides is 1. The predicted molar refractivity (Wildman–Crippen MR) is 121 cm³/mol. The van der Waals surface area contributed by atoms with Gasteiger partial charge in [0.2, 0.25) is 0 Å². The first kappa shape index (κ1) is 23.5. The van der Waals surface area contributed by atoms with Crippen LogP contribution in [0.2, 0.25) is 0 Å². The molecule has 0 spiro atoms. The zero-order valence-electron chi connectivity index (χ0n) is 16.4. The third kappa shape index (κ3) is 5.64. The van der Waals surface area contributed by atoms with Crippen LogP contribution in [0, 0.1) is 0 Å². The lowest BCUT2D eigenvalue weighted by Gasteiger charge is -2.27. The molecule has 1 saturated heterocycles. The summed E-state index contributed by atoms with van der Waals surface area (Å²) in [5, 5.41) is 6.24. The summed E-state index contributed by atoms with van der Waals surface area (Å²) in [6, 6.07) is 16.8. The van der Waals surface area contributed by atoms with Crippen LogP contribution in [0.4, 0.5) is 4.79 Å². The molecule has 1 fully saturated rings. The smallest absolute Gasteiger partial charge is 0.407 e. The van der Waals surface area contributed by atoms with Crippen molar-refractivity contribution in [2.45, 2.75) is 12.3 Å². The number of halogens is 2. The molecule has 1 aliphatic carbocycles. The summed E-state index contributed by atoms with van der Waals surface area (Å²) >= 11 is 0. The molecular formula is C22H29Cl2N3O2. The monoisotopic (exact) mass is 437 g/mol. The minimum Gasteiger partial charge on any atom is -0.449 e. The standard InChI is InChI=1S/C22H27N3O2.2ClH/c26-22(24-10-5-13-25-14-11-23-12-15-25)27-16-21-19-8-3-1-6-17(19)18-7-2-4-9-20(18)21;;/h1-4,6-9,21,23H,5,10-16H2,(H,24,26);2*1H. The summed E-state index contributed by atoms with van der Waals surface area (Å²) in [5.74, 6) is 0.115. The number of alkyl carbamates (subject to hydrolysis) is 1. The Kier molecular flexibility index (Phi) is 9.24. The van der Waals surface area contributed by atoms with E-state index < -0.39 is 0 Å². The highest BCUT2D eigenvalue weighted by atomic mass is 35.5. The van der Waals surface area contributed by atoms with E-state index in [9.17, 15) is 4.79 Å². The molecule has 2 aromatic rings. The van der Waals surface area contributed by atoms with Gasteiger partial charge in [0.25, 0.3) is 0 Å². The van der Waals surface area contributed by atoms with Crippen LogP contribution in [0.15, 0.2) is 48.5 Å². The molecule has 1 heterocycles. The molecule has 0 aromatic heterocycles. The second kappa shape index (κ2) is 11.4. The lowest BCUT2D eigenvalue weighted by atomic mass is 9.98. The quantitative estimate of drug-likeness (QED) is 0.676. The average molecular weight is 438 g/mol. The summed E-state index contributed by atoms with van der Waals surface area (Å²) in [6.07, 6.45) is 0.627. The zero-order chi connectivity index (χ0) is 18.5. The Hall–Kier alpha value is -1.79. The van der Waals surface area contributed by atoms with Crippen LogP contribution in [0.1, 0.15) is 23.5 Å². The molecule has 4 rings (SSSR count). The number of benzene rings is 2. The fourth-order valence-electron chi connectivity index (χ4n) is 4.08. The van der Waals surface area contributed by atoms with Crippen LogP contribution in [0.25, 0.3) is 11.1 Å². The normalized spacial score (nSPS) is 15.4. The van der Waals surface area contributed by atoms with Gasteiger partial charge in [-0.2, -0.15) is 0 Å². The predicted octanol–water partition coefficient (Wildman–Crippen LogP) is 3.66. The minimum absolute atomic E-state index is 0. The topological polar surface area (TPSA) is 53.6 Å². The number of carbonyl (C=O) groups is 1. The van der Waals surface area contributed by atoms with Crippen molar-refractivity contribution in [1.29, 1.82) is 0 Å². The van der Waals surface area contributed by atoms with Crippen molar-refractivity contribution < 1.29 is 9.53 Å². The van der Waals surface area contributed by atoms with Crippen LogP contribution in [-0.2, 0) is 4.74 Å². The van der Waals surface area contributed by atoms with Crippen LogP contribution in [-0.4, -0.2) is 56.9 Å². The van der Waals surface area contributed by atoms with Crippen LogP contribution in [0.3, 0.4) is 0 Å². The molecule has 2 aliphatic rings. The highest BCUT2D eigenvalue weighted by Gasteiger charge is 2.28. The van der Waals surface area contributed by atoms with Crippen molar-refractivity contribution in [1.82, 2.24) is 15.5 Å². The molecular weight excluding hydrogens is 409 g/mol. The van der Waals surface area contributed by atoms with E-state index in [1.54, 1.807) is 0 Å². The maximum Gasteiger partial charge on any atom is 0.407 e. The van der Waals surface area contributed by atoms with Gasteiger partial charge in [-0.05, 0) is 35.2 Å². The second-order valence-electron chi connectivity index (χ2n) is 7.20. The molecule has 158 valence electrons. The maximum absolute atomic E-state index is 12.1. The lowest BCUT2D eigenvalue weighted by molar-refractivity contribution is 0.142. The molecule has 0 radical (unpaired) electrons. The van der Waals surface area contributed by atoms with Gasteiger partial charge in [0.05, 0.1) is 0 Å². The van der Waals surface area contributed by atoms with E-state index in [0.29, 0.717) is 13.2 Å². The summed E-state index contributed by atoms with van der Waals surface area (Å²) in [6.45, 7) is 6.33. The minimum atomic E-state index is -0.322. The molecule has 29 heavy (non-hydrogen) atoms. The molecule has 2 N–H and O–H groups in total. The Balaban J connectivity index is 0.00000150. The number of hydrogen-bond donors (Lipinski definition) is 2. The van der Waals surface area contributed by atoms with Gasteiger partial charge >= 0.3 is 6.09 Å². The first-order valence-electron chi connectivity index (χ1n) is 9.85. The highest BCUT2D eigenvalue weighted by Crippen LogP contribution is 2.44. The Labute approximate surface area is 185 Å². The molecule has 0 unspecified atom stereocenters. The Bertz CT molecular complexity index is 752. The number of nitrogens with zero attached hydrogens (tertiary/aromatic N) is 1. The maximum atomic E-state index is 12.1. The largest absolute Gasteiger partial charge is 0.449 e. The van der Waals surface area contributed by atoms with Gasteiger partial charge in [0.1, 0.15) is 6.61 Å². The summed E-state index contributed by atoms with van der Waals surface area (Å²) in [5.41, 5.74) is 4.98. The van der Waals surface area contributed by atoms with Gasteiger partial charge in [-0.15, -0.1) is 24.8 Å². The van der Waals surface area contributed by atoms with Gasteiger partial charge in [-0.25, -0.2) is 4.79 Å². The highest BCUT2D eigenvalue weighted by molar-refractivity contribution is 5.85. The van der Waals surface area contributed by atoms with Gasteiger partial charge in [0, 0.05) is 38.6 Å². The van der Waals surface area contributed by atoms with Crippen molar-refractivity contribution in [3.63, 3.8) is 0 Å². The fourth-order valence-corrected chi connectivity index (χ4v) is 4.08. The summed E-state index contributed by atoms with van der Waals surface area (Å²) in [7, 11) is 0. The first-order chi connectivity index (χ1) is 13.3.